The van der Waals surface area contributed by atoms with Crippen LogP contribution < -0.4 is 5.32 Å². The topological polar surface area (TPSA) is 18.5 Å². The van der Waals surface area contributed by atoms with Crippen molar-refractivity contribution in [2.45, 2.75) is 13.8 Å². The fraction of sp³-hybridized carbons (Fsp3) is 0.600. The van der Waals surface area contributed by atoms with Gasteiger partial charge in [0.15, 0.2) is 0 Å². The summed E-state index contributed by atoms with van der Waals surface area (Å²) < 4.78 is 0. The van der Waals surface area contributed by atoms with E-state index in [0.29, 0.717) is 0 Å². The van der Waals surface area contributed by atoms with Crippen molar-refractivity contribution in [3.05, 3.63) is 29.3 Å². The van der Waals surface area contributed by atoms with Crippen LogP contribution in [0.2, 0.25) is 0 Å². The lowest BCUT2D eigenvalue weighted by atomic mass is 10.1. The van der Waals surface area contributed by atoms with Crippen molar-refractivity contribution < 1.29 is 0 Å². The summed E-state index contributed by atoms with van der Waals surface area (Å²) in [5.41, 5.74) is 3.94. The van der Waals surface area contributed by atoms with Crippen LogP contribution >= 0.6 is 0 Å². The van der Waals surface area contributed by atoms with E-state index in [-0.39, 0.29) is 0 Å². The molecule has 3 nitrogen and oxygen atoms in total. The van der Waals surface area contributed by atoms with Crippen LogP contribution in [-0.4, -0.2) is 56.1 Å². The summed E-state index contributed by atoms with van der Waals surface area (Å²) in [5, 5.41) is 3.56. The van der Waals surface area contributed by atoms with Crippen LogP contribution in [-0.2, 0) is 0 Å². The fourth-order valence-corrected chi connectivity index (χ4v) is 2.35. The Balaban J connectivity index is 1.76. The maximum atomic E-state index is 3.56. The van der Waals surface area contributed by atoms with E-state index in [0.717, 1.165) is 13.1 Å². The highest BCUT2D eigenvalue weighted by atomic mass is 15.2. The summed E-state index contributed by atoms with van der Waals surface area (Å²) in [6.07, 6.45) is 0. The molecular weight excluding hydrogens is 222 g/mol. The number of rotatable bonds is 4. The van der Waals surface area contributed by atoms with E-state index in [1.165, 1.54) is 43.0 Å². The lowest BCUT2D eigenvalue weighted by molar-refractivity contribution is 0.158. The zero-order valence-corrected chi connectivity index (χ0v) is 11.9. The molecule has 0 atom stereocenters. The Morgan fingerprint density at radius 1 is 1.11 bits per heavy atom. The molecular formula is C15H25N3. The molecule has 1 N–H and O–H groups in total. The molecule has 18 heavy (non-hydrogen) atoms. The Morgan fingerprint density at radius 3 is 2.56 bits per heavy atom. The highest BCUT2D eigenvalue weighted by molar-refractivity contribution is 5.52. The van der Waals surface area contributed by atoms with E-state index >= 15 is 0 Å². The second kappa shape index (κ2) is 6.21. The molecule has 0 radical (unpaired) electrons. The molecule has 0 spiro atoms. The van der Waals surface area contributed by atoms with Gasteiger partial charge in [0.05, 0.1) is 0 Å². The van der Waals surface area contributed by atoms with Gasteiger partial charge in [0.1, 0.15) is 0 Å². The summed E-state index contributed by atoms with van der Waals surface area (Å²) in [5.74, 6) is 0. The summed E-state index contributed by atoms with van der Waals surface area (Å²) in [6.45, 7) is 11.3. The Hall–Kier alpha value is -1.06. The average molecular weight is 247 g/mol. The molecule has 0 bridgehead atoms. The molecule has 0 aromatic heterocycles. The normalized spacial score (nSPS) is 17.9. The van der Waals surface area contributed by atoms with E-state index in [1.807, 2.05) is 0 Å². The lowest BCUT2D eigenvalue weighted by Gasteiger charge is -2.32. The highest BCUT2D eigenvalue weighted by Crippen LogP contribution is 2.15. The minimum absolute atomic E-state index is 1.04. The van der Waals surface area contributed by atoms with Gasteiger partial charge in [-0.05, 0) is 38.1 Å². The Kier molecular flexibility index (Phi) is 4.61. The zero-order valence-electron chi connectivity index (χ0n) is 11.9. The van der Waals surface area contributed by atoms with Crippen molar-refractivity contribution >= 4 is 5.69 Å². The molecule has 1 aromatic carbocycles. The second-order valence-corrected chi connectivity index (χ2v) is 5.39. The van der Waals surface area contributed by atoms with E-state index < -0.39 is 0 Å². The van der Waals surface area contributed by atoms with Gasteiger partial charge in [-0.1, -0.05) is 12.1 Å². The fourth-order valence-electron chi connectivity index (χ4n) is 2.35. The third kappa shape index (κ3) is 3.72. The van der Waals surface area contributed by atoms with Gasteiger partial charge in [0.25, 0.3) is 0 Å². The van der Waals surface area contributed by atoms with Gasteiger partial charge in [0.2, 0.25) is 0 Å². The average Bonchev–Trinajstić information content (AvgIpc) is 2.36. The van der Waals surface area contributed by atoms with E-state index in [9.17, 15) is 0 Å². The number of nitrogens with zero attached hydrogens (tertiary/aromatic N) is 2. The first-order chi connectivity index (χ1) is 8.65. The van der Waals surface area contributed by atoms with Crippen LogP contribution in [0.3, 0.4) is 0 Å². The number of piperazine rings is 1. The summed E-state index contributed by atoms with van der Waals surface area (Å²) in [4.78, 5) is 4.94. The molecule has 0 unspecified atom stereocenters. The number of aryl methyl sites for hydroxylation is 2. The Bertz CT molecular complexity index is 381. The van der Waals surface area contributed by atoms with Crippen LogP contribution in [0.4, 0.5) is 5.69 Å². The molecule has 1 aliphatic heterocycles. The van der Waals surface area contributed by atoms with Crippen LogP contribution in [0.5, 0.6) is 0 Å². The third-order valence-corrected chi connectivity index (χ3v) is 3.73. The molecule has 1 aliphatic rings. The molecule has 2 rings (SSSR count). The van der Waals surface area contributed by atoms with E-state index in [4.69, 9.17) is 0 Å². The van der Waals surface area contributed by atoms with Gasteiger partial charge in [-0.25, -0.2) is 0 Å². The molecule has 3 heteroatoms. The van der Waals surface area contributed by atoms with Crippen LogP contribution in [0.1, 0.15) is 11.1 Å². The smallest absolute Gasteiger partial charge is 0.0372 e. The second-order valence-electron chi connectivity index (χ2n) is 5.39. The highest BCUT2D eigenvalue weighted by Gasteiger charge is 2.12. The van der Waals surface area contributed by atoms with Crippen molar-refractivity contribution in [3.63, 3.8) is 0 Å². The SMILES string of the molecule is Cc1ccc(C)c(NCCN2CCN(C)CC2)c1. The van der Waals surface area contributed by atoms with Crippen LogP contribution in [0, 0.1) is 13.8 Å². The standard InChI is InChI=1S/C15H25N3/c1-13-4-5-14(2)15(12-13)16-6-7-18-10-8-17(3)9-11-18/h4-5,12,16H,6-11H2,1-3H3. The van der Waals surface area contributed by atoms with Gasteiger partial charge >= 0.3 is 0 Å². The summed E-state index contributed by atoms with van der Waals surface area (Å²) in [6, 6.07) is 6.59. The van der Waals surface area contributed by atoms with Gasteiger partial charge < -0.3 is 10.2 Å². The van der Waals surface area contributed by atoms with Crippen molar-refractivity contribution in [2.75, 3.05) is 51.6 Å². The zero-order chi connectivity index (χ0) is 13.0. The minimum atomic E-state index is 1.04. The lowest BCUT2D eigenvalue weighted by Crippen LogP contribution is -2.45. The monoisotopic (exact) mass is 247 g/mol. The molecule has 100 valence electrons. The van der Waals surface area contributed by atoms with E-state index in [1.54, 1.807) is 0 Å². The summed E-state index contributed by atoms with van der Waals surface area (Å²) >= 11 is 0. The van der Waals surface area contributed by atoms with Crippen LogP contribution in [0.15, 0.2) is 18.2 Å². The summed E-state index contributed by atoms with van der Waals surface area (Å²) in [7, 11) is 2.20. The maximum Gasteiger partial charge on any atom is 0.0372 e. The van der Waals surface area contributed by atoms with Gasteiger partial charge in [-0.15, -0.1) is 0 Å². The Morgan fingerprint density at radius 2 is 1.83 bits per heavy atom. The number of benzene rings is 1. The minimum Gasteiger partial charge on any atom is -0.384 e. The molecule has 1 saturated heterocycles. The number of hydrogen-bond donors (Lipinski definition) is 1. The first kappa shape index (κ1) is 13.4. The number of anilines is 1. The predicted molar refractivity (Wildman–Crippen MR) is 78.3 cm³/mol. The van der Waals surface area contributed by atoms with Gasteiger partial charge in [-0.3, -0.25) is 4.90 Å². The Labute approximate surface area is 111 Å². The van der Waals surface area contributed by atoms with Crippen molar-refractivity contribution in [3.8, 4) is 0 Å². The molecule has 0 amide bonds. The van der Waals surface area contributed by atoms with Crippen molar-refractivity contribution in [1.82, 2.24) is 9.80 Å². The number of nitrogens with one attached hydrogen (secondary N) is 1. The molecule has 0 aliphatic carbocycles. The predicted octanol–water partition coefficient (Wildman–Crippen LogP) is 1.96. The van der Waals surface area contributed by atoms with Crippen molar-refractivity contribution in [1.29, 1.82) is 0 Å². The molecule has 1 fully saturated rings. The third-order valence-electron chi connectivity index (χ3n) is 3.73. The largest absolute Gasteiger partial charge is 0.384 e. The van der Waals surface area contributed by atoms with E-state index in [2.05, 4.69) is 54.2 Å². The number of likely N-dealkylation sites (N-methyl/N-ethyl adjacent to an activating group) is 1. The molecule has 0 saturated carbocycles. The molecule has 1 aromatic rings. The quantitative estimate of drug-likeness (QED) is 0.877. The molecule has 1 heterocycles. The van der Waals surface area contributed by atoms with Gasteiger partial charge in [0, 0.05) is 45.0 Å². The first-order valence-corrected chi connectivity index (χ1v) is 6.87. The van der Waals surface area contributed by atoms with Crippen molar-refractivity contribution in [2.24, 2.45) is 0 Å². The maximum absolute atomic E-state index is 3.56. The first-order valence-electron chi connectivity index (χ1n) is 6.87. The van der Waals surface area contributed by atoms with Gasteiger partial charge in [-0.2, -0.15) is 0 Å². The number of hydrogen-bond acceptors (Lipinski definition) is 3. The van der Waals surface area contributed by atoms with Crippen LogP contribution in [0.25, 0.3) is 0 Å².